The molecule has 8 nitrogen and oxygen atoms in total. The molecular formula is C30H60N2O6S4. The van der Waals surface area contributed by atoms with Gasteiger partial charge in [0, 0.05) is 37.8 Å². The van der Waals surface area contributed by atoms with Crippen LogP contribution in [0.25, 0.3) is 0 Å². The lowest BCUT2D eigenvalue weighted by molar-refractivity contribution is 0.0318. The molecule has 0 aliphatic carbocycles. The van der Waals surface area contributed by atoms with Gasteiger partial charge in [0.05, 0.1) is 39.6 Å². The minimum atomic E-state index is -0.177. The smallest absolute Gasteiger partial charge is 0.257 e. The van der Waals surface area contributed by atoms with Crippen LogP contribution in [-0.4, -0.2) is 100 Å². The quantitative estimate of drug-likeness (QED) is 0.0441. The van der Waals surface area contributed by atoms with Gasteiger partial charge in [-0.25, -0.2) is 0 Å². The van der Waals surface area contributed by atoms with E-state index in [2.05, 4.69) is 63.6 Å². The molecule has 0 aromatic carbocycles. The molecule has 4 unspecified atom stereocenters. The molecule has 250 valence electrons. The lowest BCUT2D eigenvalue weighted by Gasteiger charge is -2.20. The summed E-state index contributed by atoms with van der Waals surface area (Å²) in [5.41, 5.74) is 0. The van der Waals surface area contributed by atoms with Crippen molar-refractivity contribution in [2.45, 2.75) is 91.3 Å². The van der Waals surface area contributed by atoms with E-state index in [1.54, 1.807) is 0 Å². The van der Waals surface area contributed by atoms with Crippen LogP contribution in [0.4, 0.5) is 0 Å². The molecule has 0 spiro atoms. The fourth-order valence-electron chi connectivity index (χ4n) is 3.94. The predicted molar refractivity (Wildman–Crippen MR) is 189 cm³/mol. The van der Waals surface area contributed by atoms with E-state index < -0.39 is 0 Å². The van der Waals surface area contributed by atoms with Crippen LogP contribution in [0.2, 0.25) is 0 Å². The molecule has 0 aromatic heterocycles. The van der Waals surface area contributed by atoms with Crippen LogP contribution in [0.5, 0.6) is 0 Å². The van der Waals surface area contributed by atoms with Crippen molar-refractivity contribution in [2.75, 3.05) is 77.5 Å². The third kappa shape index (κ3) is 25.3. The van der Waals surface area contributed by atoms with Gasteiger partial charge in [0.25, 0.3) is 10.3 Å². The number of hydrogen-bond acceptors (Lipinski definition) is 10. The summed E-state index contributed by atoms with van der Waals surface area (Å²) >= 11 is 19.3. The normalized spacial score (nSPS) is 14.1. The van der Waals surface area contributed by atoms with Crippen LogP contribution in [0, 0.1) is 11.8 Å². The fourth-order valence-corrected chi connectivity index (χ4v) is 4.77. The van der Waals surface area contributed by atoms with E-state index in [1.807, 2.05) is 0 Å². The molecule has 0 aliphatic rings. The van der Waals surface area contributed by atoms with Gasteiger partial charge in [-0.05, 0) is 49.1 Å². The summed E-state index contributed by atoms with van der Waals surface area (Å²) in [7, 11) is 0. The third-order valence-electron chi connectivity index (χ3n) is 6.76. The minimum absolute atomic E-state index is 0.177. The molecule has 0 heterocycles. The summed E-state index contributed by atoms with van der Waals surface area (Å²) in [6.45, 7) is 14.4. The van der Waals surface area contributed by atoms with E-state index in [4.69, 9.17) is 52.9 Å². The van der Waals surface area contributed by atoms with Gasteiger partial charge in [0.1, 0.15) is 12.2 Å². The fraction of sp³-hybridized carbons (Fsp3) is 0.933. The Morgan fingerprint density at radius 1 is 0.595 bits per heavy atom. The van der Waals surface area contributed by atoms with Gasteiger partial charge in [0.2, 0.25) is 0 Å². The first kappa shape index (κ1) is 41.9. The Bertz CT molecular complexity index is 587. The summed E-state index contributed by atoms with van der Waals surface area (Å²) < 4.78 is 34.5. The Morgan fingerprint density at radius 3 is 1.33 bits per heavy atom. The summed E-state index contributed by atoms with van der Waals surface area (Å²) in [5, 5.41) is 6.79. The Labute approximate surface area is 278 Å². The molecule has 4 atom stereocenters. The average Bonchev–Trinajstić information content (AvgIpc) is 3.00. The number of ether oxygens (including phenoxy) is 6. The van der Waals surface area contributed by atoms with Crippen LogP contribution in [-0.2, 0) is 28.4 Å². The minimum Gasteiger partial charge on any atom is -0.464 e. The molecule has 2 N–H and O–H groups in total. The maximum Gasteiger partial charge on any atom is 0.257 e. The second-order valence-corrected chi connectivity index (χ2v) is 11.9. The van der Waals surface area contributed by atoms with Gasteiger partial charge in [-0.3, -0.25) is 0 Å². The number of nitrogens with one attached hydrogen (secondary N) is 2. The number of hydrogen-bond donors (Lipinski definition) is 4. The zero-order valence-corrected chi connectivity index (χ0v) is 30.0. The second kappa shape index (κ2) is 30.9. The van der Waals surface area contributed by atoms with Crippen LogP contribution < -0.4 is 10.6 Å². The Hall–Kier alpha value is -0.0800. The van der Waals surface area contributed by atoms with Crippen molar-refractivity contribution in [3.8, 4) is 0 Å². The summed E-state index contributed by atoms with van der Waals surface area (Å²) in [6.07, 6.45) is 9.22. The molecule has 0 saturated carbocycles. The number of unbranched alkanes of at least 4 members (excludes halogenated alkanes) is 2. The molecule has 0 saturated heterocycles. The SMILES string of the molecule is CCCCC(CC)COCC(CS)OC(=S)NCCOCCOCCNC(=S)OC(CS)COCC(CC)CCCC. The maximum absolute atomic E-state index is 5.88. The number of rotatable bonds is 29. The van der Waals surface area contributed by atoms with E-state index in [0.29, 0.717) is 86.4 Å². The van der Waals surface area contributed by atoms with Crippen molar-refractivity contribution in [1.29, 1.82) is 0 Å². The first-order valence-electron chi connectivity index (χ1n) is 15.8. The lowest BCUT2D eigenvalue weighted by atomic mass is 10.0. The first-order valence-corrected chi connectivity index (χ1v) is 17.9. The highest BCUT2D eigenvalue weighted by molar-refractivity contribution is 7.80. The van der Waals surface area contributed by atoms with Crippen LogP contribution >= 0.6 is 49.7 Å². The summed E-state index contributed by atoms with van der Waals surface area (Å²) in [4.78, 5) is 0. The Kier molecular flexibility index (Phi) is 30.9. The van der Waals surface area contributed by atoms with Crippen molar-refractivity contribution in [1.82, 2.24) is 10.6 Å². The Morgan fingerprint density at radius 2 is 1.00 bits per heavy atom. The molecule has 42 heavy (non-hydrogen) atoms. The molecule has 0 aromatic rings. The van der Waals surface area contributed by atoms with Gasteiger partial charge in [-0.1, -0.05) is 66.2 Å². The van der Waals surface area contributed by atoms with Crippen LogP contribution in [0.15, 0.2) is 0 Å². The van der Waals surface area contributed by atoms with Gasteiger partial charge in [0.15, 0.2) is 0 Å². The van der Waals surface area contributed by atoms with Gasteiger partial charge in [-0.2, -0.15) is 25.3 Å². The first-order chi connectivity index (χ1) is 20.4. The van der Waals surface area contributed by atoms with E-state index in [1.165, 1.54) is 38.5 Å². The molecule has 0 bridgehead atoms. The highest BCUT2D eigenvalue weighted by atomic mass is 32.1. The van der Waals surface area contributed by atoms with Crippen molar-refractivity contribution >= 4 is 60.0 Å². The van der Waals surface area contributed by atoms with E-state index in [9.17, 15) is 0 Å². The molecule has 0 radical (unpaired) electrons. The van der Waals surface area contributed by atoms with Gasteiger partial charge in [-0.15, -0.1) is 0 Å². The van der Waals surface area contributed by atoms with Crippen molar-refractivity contribution < 1.29 is 28.4 Å². The largest absolute Gasteiger partial charge is 0.464 e. The molecule has 0 aliphatic heterocycles. The van der Waals surface area contributed by atoms with E-state index >= 15 is 0 Å². The van der Waals surface area contributed by atoms with E-state index in [-0.39, 0.29) is 12.2 Å². The zero-order chi connectivity index (χ0) is 31.3. The highest BCUT2D eigenvalue weighted by Crippen LogP contribution is 2.14. The van der Waals surface area contributed by atoms with Crippen molar-refractivity contribution in [3.63, 3.8) is 0 Å². The highest BCUT2D eigenvalue weighted by Gasteiger charge is 2.14. The van der Waals surface area contributed by atoms with Crippen LogP contribution in [0.1, 0.15) is 79.1 Å². The molecule has 0 fully saturated rings. The summed E-state index contributed by atoms with van der Waals surface area (Å²) in [6, 6.07) is 0. The zero-order valence-electron chi connectivity index (χ0n) is 26.6. The Balaban J connectivity index is 3.78. The van der Waals surface area contributed by atoms with Crippen molar-refractivity contribution in [3.05, 3.63) is 0 Å². The third-order valence-corrected chi connectivity index (χ3v) is 8.05. The summed E-state index contributed by atoms with van der Waals surface area (Å²) in [5.74, 6) is 2.27. The standard InChI is InChI=1S/C30H60N2O6S4/c1-5-9-11-25(7-3)19-35-21-27(23-39)37-29(41)31-13-15-33-17-18-34-16-14-32-30(42)38-28(24-40)22-36-20-26(8-4)12-10-6-2/h25-28,39-40H,5-24H2,1-4H3,(H,31,41)(H,32,42). The molecular weight excluding hydrogens is 613 g/mol. The molecule has 12 heteroatoms. The monoisotopic (exact) mass is 672 g/mol. The second-order valence-electron chi connectivity index (χ2n) is 10.4. The predicted octanol–water partition coefficient (Wildman–Crippen LogP) is 5.86. The topological polar surface area (TPSA) is 79.4 Å². The average molecular weight is 673 g/mol. The number of thiocarbonyl (C=S) groups is 2. The lowest BCUT2D eigenvalue weighted by Crippen LogP contribution is -2.34. The molecule has 0 rings (SSSR count). The molecule has 0 amide bonds. The number of thiol groups is 2. The van der Waals surface area contributed by atoms with Crippen molar-refractivity contribution in [2.24, 2.45) is 11.8 Å². The van der Waals surface area contributed by atoms with Gasteiger partial charge < -0.3 is 39.1 Å². The van der Waals surface area contributed by atoms with E-state index in [0.717, 1.165) is 26.1 Å². The van der Waals surface area contributed by atoms with Crippen LogP contribution in [0.3, 0.4) is 0 Å². The van der Waals surface area contributed by atoms with Gasteiger partial charge >= 0.3 is 0 Å². The maximum atomic E-state index is 5.88.